The maximum atomic E-state index is 12.4. The lowest BCUT2D eigenvalue weighted by Gasteiger charge is -2.04. The number of nitrogens with zero attached hydrogens (tertiary/aromatic N) is 1. The van der Waals surface area contributed by atoms with E-state index in [1.54, 1.807) is 22.7 Å². The third kappa shape index (κ3) is 2.09. The number of pyridine rings is 1. The molecule has 2 aromatic rings. The van der Waals surface area contributed by atoms with Gasteiger partial charge in [-0.05, 0) is 45.9 Å². The van der Waals surface area contributed by atoms with Crippen molar-refractivity contribution in [3.05, 3.63) is 34.4 Å². The maximum Gasteiger partial charge on any atom is 0.290 e. The van der Waals surface area contributed by atoms with Crippen molar-refractivity contribution >= 4 is 33.2 Å². The molecule has 0 saturated heterocycles. The van der Waals surface area contributed by atoms with Crippen molar-refractivity contribution in [2.24, 2.45) is 0 Å². The van der Waals surface area contributed by atoms with Crippen molar-refractivity contribution in [3.8, 4) is 0 Å². The second-order valence-corrected chi connectivity index (χ2v) is 4.96. The second-order valence-electron chi connectivity index (χ2n) is 3.12. The first-order chi connectivity index (χ1) is 7.63. The van der Waals surface area contributed by atoms with Gasteiger partial charge in [0, 0.05) is 16.2 Å². The quantitative estimate of drug-likeness (QED) is 0.878. The molecule has 0 saturated carbocycles. The number of aliphatic hydroxyl groups excluding tert-OH is 1. The molecular formula is C10H8BrF2NOS. The molecule has 0 bridgehead atoms. The van der Waals surface area contributed by atoms with Gasteiger partial charge in [0.1, 0.15) is 0 Å². The SMILES string of the molecule is OCc1cc2c(Br)cccn2c1SC(F)F. The van der Waals surface area contributed by atoms with E-state index in [9.17, 15) is 8.78 Å². The molecule has 86 valence electrons. The lowest BCUT2D eigenvalue weighted by molar-refractivity contribution is 0.251. The van der Waals surface area contributed by atoms with Gasteiger partial charge in [0.25, 0.3) is 5.76 Å². The average Bonchev–Trinajstić information content (AvgIpc) is 2.58. The number of fused-ring (bicyclic) bond motifs is 1. The first-order valence-electron chi connectivity index (χ1n) is 4.47. The Morgan fingerprint density at radius 3 is 2.88 bits per heavy atom. The van der Waals surface area contributed by atoms with Gasteiger partial charge in [-0.1, -0.05) is 0 Å². The molecule has 0 unspecified atom stereocenters. The molecule has 6 heteroatoms. The number of hydrogen-bond donors (Lipinski definition) is 1. The summed E-state index contributed by atoms with van der Waals surface area (Å²) in [6.07, 6.45) is 1.70. The van der Waals surface area contributed by atoms with E-state index in [0.717, 1.165) is 9.99 Å². The lowest BCUT2D eigenvalue weighted by Crippen LogP contribution is -1.92. The summed E-state index contributed by atoms with van der Waals surface area (Å²) in [5.74, 6) is -2.50. The molecule has 0 fully saturated rings. The molecule has 2 heterocycles. The second kappa shape index (κ2) is 4.73. The summed E-state index contributed by atoms with van der Waals surface area (Å²) in [5, 5.41) is 9.52. The molecule has 16 heavy (non-hydrogen) atoms. The van der Waals surface area contributed by atoms with Crippen LogP contribution in [0.25, 0.3) is 5.52 Å². The Kier molecular flexibility index (Phi) is 3.51. The summed E-state index contributed by atoms with van der Waals surface area (Å²) in [6, 6.07) is 5.29. The Balaban J connectivity index is 2.64. The number of rotatable bonds is 3. The van der Waals surface area contributed by atoms with Crippen LogP contribution in [0.2, 0.25) is 0 Å². The van der Waals surface area contributed by atoms with Gasteiger partial charge in [-0.2, -0.15) is 8.78 Å². The molecule has 2 rings (SSSR count). The molecule has 1 N–H and O–H groups in total. The van der Waals surface area contributed by atoms with Crippen LogP contribution in [0.4, 0.5) is 8.78 Å². The summed E-state index contributed by atoms with van der Waals surface area (Å²) in [4.78, 5) is 0. The number of alkyl halides is 2. The Morgan fingerprint density at radius 2 is 2.25 bits per heavy atom. The molecule has 0 radical (unpaired) electrons. The number of hydrogen-bond acceptors (Lipinski definition) is 2. The Hall–Kier alpha value is -0.590. The predicted octanol–water partition coefficient (Wildman–Crippen LogP) is 3.51. The van der Waals surface area contributed by atoms with Crippen LogP contribution in [-0.2, 0) is 6.61 Å². The van der Waals surface area contributed by atoms with Crippen LogP contribution in [0.15, 0.2) is 33.9 Å². The van der Waals surface area contributed by atoms with Crippen LogP contribution in [-0.4, -0.2) is 15.3 Å². The average molecular weight is 308 g/mol. The van der Waals surface area contributed by atoms with Crippen LogP contribution >= 0.6 is 27.7 Å². The first kappa shape index (κ1) is 11.9. The fourth-order valence-corrected chi connectivity index (χ4v) is 2.70. The number of aromatic nitrogens is 1. The van der Waals surface area contributed by atoms with Gasteiger partial charge in [-0.3, -0.25) is 0 Å². The summed E-state index contributed by atoms with van der Waals surface area (Å²) >= 11 is 3.78. The zero-order valence-electron chi connectivity index (χ0n) is 8.03. The van der Waals surface area contributed by atoms with Gasteiger partial charge in [-0.25, -0.2) is 0 Å². The van der Waals surface area contributed by atoms with E-state index in [0.29, 0.717) is 22.4 Å². The van der Waals surface area contributed by atoms with E-state index in [1.165, 1.54) is 0 Å². The number of aliphatic hydroxyl groups is 1. The highest BCUT2D eigenvalue weighted by Gasteiger charge is 2.15. The Bertz CT molecular complexity index is 515. The Morgan fingerprint density at radius 1 is 1.50 bits per heavy atom. The van der Waals surface area contributed by atoms with Gasteiger partial charge in [-0.15, -0.1) is 0 Å². The molecule has 0 aliphatic heterocycles. The van der Waals surface area contributed by atoms with Crippen LogP contribution in [0, 0.1) is 0 Å². The summed E-state index contributed by atoms with van der Waals surface area (Å²) in [7, 11) is 0. The summed E-state index contributed by atoms with van der Waals surface area (Å²) in [6.45, 7) is -0.247. The maximum absolute atomic E-state index is 12.4. The van der Waals surface area contributed by atoms with Crippen molar-refractivity contribution in [3.63, 3.8) is 0 Å². The molecule has 0 amide bonds. The first-order valence-corrected chi connectivity index (χ1v) is 6.15. The highest BCUT2D eigenvalue weighted by molar-refractivity contribution is 9.10. The van der Waals surface area contributed by atoms with Crippen LogP contribution in [0.1, 0.15) is 5.56 Å². The predicted molar refractivity (Wildman–Crippen MR) is 62.9 cm³/mol. The third-order valence-corrected chi connectivity index (χ3v) is 3.69. The molecule has 0 spiro atoms. The molecular weight excluding hydrogens is 300 g/mol. The van der Waals surface area contributed by atoms with Crippen molar-refractivity contribution in [1.82, 2.24) is 4.40 Å². The van der Waals surface area contributed by atoms with Gasteiger partial charge in [0.15, 0.2) is 0 Å². The Labute approximate surface area is 103 Å². The standard InChI is InChI=1S/C10H8BrF2NOS/c11-7-2-1-3-14-8(7)4-6(5-15)9(14)16-10(12)13/h1-4,10,15H,5H2. The molecule has 0 aliphatic carbocycles. The highest BCUT2D eigenvalue weighted by atomic mass is 79.9. The van der Waals surface area contributed by atoms with Crippen LogP contribution in [0.3, 0.4) is 0 Å². The van der Waals surface area contributed by atoms with E-state index in [4.69, 9.17) is 5.11 Å². The van der Waals surface area contributed by atoms with E-state index in [2.05, 4.69) is 15.9 Å². The largest absolute Gasteiger partial charge is 0.392 e. The molecule has 0 atom stereocenters. The smallest absolute Gasteiger partial charge is 0.290 e. The summed E-state index contributed by atoms with van der Waals surface area (Å²) in [5.41, 5.74) is 1.28. The van der Waals surface area contributed by atoms with Gasteiger partial charge in [0.05, 0.1) is 17.1 Å². The van der Waals surface area contributed by atoms with Gasteiger partial charge < -0.3 is 9.51 Å². The molecule has 2 nitrogen and oxygen atoms in total. The zero-order chi connectivity index (χ0) is 11.7. The fourth-order valence-electron chi connectivity index (χ4n) is 1.52. The molecule has 2 aromatic heterocycles. The van der Waals surface area contributed by atoms with Crippen molar-refractivity contribution in [2.75, 3.05) is 0 Å². The zero-order valence-corrected chi connectivity index (χ0v) is 10.4. The molecule has 0 aromatic carbocycles. The monoisotopic (exact) mass is 307 g/mol. The minimum Gasteiger partial charge on any atom is -0.392 e. The minimum absolute atomic E-state index is 0.247. The molecule has 0 aliphatic rings. The summed E-state index contributed by atoms with van der Waals surface area (Å²) < 4.78 is 27.3. The van der Waals surface area contributed by atoms with Crippen molar-refractivity contribution < 1.29 is 13.9 Å². The number of halogens is 3. The number of thioether (sulfide) groups is 1. The van der Waals surface area contributed by atoms with Crippen LogP contribution in [0.5, 0.6) is 0 Å². The lowest BCUT2D eigenvalue weighted by atomic mass is 10.3. The van der Waals surface area contributed by atoms with E-state index in [1.807, 2.05) is 6.07 Å². The fraction of sp³-hybridized carbons (Fsp3) is 0.200. The third-order valence-electron chi connectivity index (χ3n) is 2.16. The van der Waals surface area contributed by atoms with Gasteiger partial charge in [0.2, 0.25) is 0 Å². The normalized spacial score (nSPS) is 11.6. The van der Waals surface area contributed by atoms with E-state index >= 15 is 0 Å². The topological polar surface area (TPSA) is 24.6 Å². The van der Waals surface area contributed by atoms with E-state index in [-0.39, 0.29) is 6.61 Å². The van der Waals surface area contributed by atoms with Gasteiger partial charge >= 0.3 is 0 Å². The minimum atomic E-state index is -2.50. The van der Waals surface area contributed by atoms with Crippen molar-refractivity contribution in [2.45, 2.75) is 17.4 Å². The van der Waals surface area contributed by atoms with Crippen LogP contribution < -0.4 is 0 Å². The highest BCUT2D eigenvalue weighted by Crippen LogP contribution is 2.33. The van der Waals surface area contributed by atoms with Crippen molar-refractivity contribution in [1.29, 1.82) is 0 Å². The van der Waals surface area contributed by atoms with E-state index < -0.39 is 5.76 Å².